The predicted octanol–water partition coefficient (Wildman–Crippen LogP) is 2.78. The number of anilines is 1. The standard InChI is InChI=1S/C15H22ClN3O2.ClH/c1-4-19(5-2)15(21)12-7-6-11(8-13(12)16)18-14(20)10(3)9-17;/h6-8,10H,4-5,9,17H2,1-3H3,(H,18,20);1H. The van der Waals surface area contributed by atoms with Gasteiger partial charge >= 0.3 is 0 Å². The number of amides is 2. The van der Waals surface area contributed by atoms with Crippen molar-refractivity contribution in [1.82, 2.24) is 4.90 Å². The topological polar surface area (TPSA) is 75.4 Å². The van der Waals surface area contributed by atoms with E-state index in [1.54, 1.807) is 30.0 Å². The van der Waals surface area contributed by atoms with Crippen molar-refractivity contribution in [3.05, 3.63) is 28.8 Å². The Morgan fingerprint density at radius 2 is 1.91 bits per heavy atom. The number of carbonyl (C=O) groups excluding carboxylic acids is 2. The lowest BCUT2D eigenvalue weighted by atomic mass is 10.1. The summed E-state index contributed by atoms with van der Waals surface area (Å²) in [5.74, 6) is -0.560. The number of benzene rings is 1. The number of carbonyl (C=O) groups is 2. The van der Waals surface area contributed by atoms with E-state index in [9.17, 15) is 9.59 Å². The molecule has 0 aliphatic heterocycles. The van der Waals surface area contributed by atoms with Gasteiger partial charge in [0.2, 0.25) is 5.91 Å². The highest BCUT2D eigenvalue weighted by Crippen LogP contribution is 2.22. The first-order valence-electron chi connectivity index (χ1n) is 7.04. The second-order valence-corrected chi connectivity index (χ2v) is 5.21. The second-order valence-electron chi connectivity index (χ2n) is 4.80. The van der Waals surface area contributed by atoms with Crippen LogP contribution in [0.4, 0.5) is 5.69 Å². The summed E-state index contributed by atoms with van der Waals surface area (Å²) >= 11 is 6.16. The lowest BCUT2D eigenvalue weighted by Gasteiger charge is -2.19. The lowest BCUT2D eigenvalue weighted by Crippen LogP contribution is -2.30. The third-order valence-electron chi connectivity index (χ3n) is 3.32. The van der Waals surface area contributed by atoms with Crippen LogP contribution in [0.1, 0.15) is 31.1 Å². The molecule has 0 bridgehead atoms. The van der Waals surface area contributed by atoms with Gasteiger partial charge in [-0.15, -0.1) is 12.4 Å². The molecule has 0 aliphatic rings. The van der Waals surface area contributed by atoms with Gasteiger partial charge in [0.25, 0.3) is 5.91 Å². The second kappa shape index (κ2) is 9.66. The third-order valence-corrected chi connectivity index (χ3v) is 3.63. The zero-order valence-corrected chi connectivity index (χ0v) is 14.6. The Bertz CT molecular complexity index is 520. The van der Waals surface area contributed by atoms with Crippen molar-refractivity contribution >= 4 is 41.5 Å². The summed E-state index contributed by atoms with van der Waals surface area (Å²) in [6.45, 7) is 7.10. The van der Waals surface area contributed by atoms with Gasteiger partial charge in [0, 0.05) is 31.2 Å². The van der Waals surface area contributed by atoms with Crippen LogP contribution in [-0.4, -0.2) is 36.3 Å². The third kappa shape index (κ3) is 5.16. The number of nitrogens with two attached hydrogens (primary N) is 1. The SMILES string of the molecule is CCN(CC)C(=O)c1ccc(NC(=O)C(C)CN)cc1Cl.Cl. The summed E-state index contributed by atoms with van der Waals surface area (Å²) in [6, 6.07) is 4.88. The first-order valence-corrected chi connectivity index (χ1v) is 7.42. The minimum Gasteiger partial charge on any atom is -0.339 e. The highest BCUT2D eigenvalue weighted by Gasteiger charge is 2.17. The average molecular weight is 348 g/mol. The van der Waals surface area contributed by atoms with Crippen LogP contribution < -0.4 is 11.1 Å². The number of nitrogens with zero attached hydrogens (tertiary/aromatic N) is 1. The molecular formula is C15H23Cl2N3O2. The van der Waals surface area contributed by atoms with E-state index in [1.165, 1.54) is 0 Å². The zero-order valence-electron chi connectivity index (χ0n) is 13.1. The van der Waals surface area contributed by atoms with Crippen molar-refractivity contribution in [3.8, 4) is 0 Å². The van der Waals surface area contributed by atoms with E-state index in [4.69, 9.17) is 17.3 Å². The zero-order chi connectivity index (χ0) is 16.0. The molecule has 5 nitrogen and oxygen atoms in total. The molecule has 3 N–H and O–H groups in total. The summed E-state index contributed by atoms with van der Waals surface area (Å²) in [6.07, 6.45) is 0. The Labute approximate surface area is 142 Å². The van der Waals surface area contributed by atoms with Gasteiger partial charge in [-0.3, -0.25) is 9.59 Å². The maximum absolute atomic E-state index is 12.3. The fourth-order valence-electron chi connectivity index (χ4n) is 1.82. The summed E-state index contributed by atoms with van der Waals surface area (Å²) < 4.78 is 0. The lowest BCUT2D eigenvalue weighted by molar-refractivity contribution is -0.119. The van der Waals surface area contributed by atoms with Gasteiger partial charge in [0.15, 0.2) is 0 Å². The van der Waals surface area contributed by atoms with Crippen molar-refractivity contribution in [2.75, 3.05) is 25.0 Å². The molecular weight excluding hydrogens is 325 g/mol. The molecule has 0 aromatic heterocycles. The Hall–Kier alpha value is -1.30. The highest BCUT2D eigenvalue weighted by molar-refractivity contribution is 6.34. The van der Waals surface area contributed by atoms with Crippen LogP contribution >= 0.6 is 24.0 Å². The van der Waals surface area contributed by atoms with E-state index in [0.29, 0.717) is 29.4 Å². The molecule has 2 amide bonds. The van der Waals surface area contributed by atoms with Crippen molar-refractivity contribution < 1.29 is 9.59 Å². The fraction of sp³-hybridized carbons (Fsp3) is 0.467. The van der Waals surface area contributed by atoms with Gasteiger partial charge in [-0.2, -0.15) is 0 Å². The van der Waals surface area contributed by atoms with Gasteiger partial charge < -0.3 is 16.0 Å². The molecule has 0 heterocycles. The van der Waals surface area contributed by atoms with Crippen molar-refractivity contribution in [1.29, 1.82) is 0 Å². The van der Waals surface area contributed by atoms with E-state index < -0.39 is 0 Å². The van der Waals surface area contributed by atoms with Gasteiger partial charge in [0.05, 0.1) is 10.6 Å². The minimum absolute atomic E-state index is 0. The summed E-state index contributed by atoms with van der Waals surface area (Å²) in [7, 11) is 0. The molecule has 0 saturated heterocycles. The van der Waals surface area contributed by atoms with Crippen LogP contribution in [0, 0.1) is 5.92 Å². The van der Waals surface area contributed by atoms with Crippen LogP contribution in [0.2, 0.25) is 5.02 Å². The Balaban J connectivity index is 0.00000441. The molecule has 1 rings (SSSR count). The van der Waals surface area contributed by atoms with Gasteiger partial charge in [-0.1, -0.05) is 18.5 Å². The summed E-state index contributed by atoms with van der Waals surface area (Å²) in [5, 5.41) is 3.05. The highest BCUT2D eigenvalue weighted by atomic mass is 35.5. The van der Waals surface area contributed by atoms with Crippen LogP contribution in [0.25, 0.3) is 0 Å². The predicted molar refractivity (Wildman–Crippen MR) is 92.8 cm³/mol. The molecule has 0 spiro atoms. The minimum atomic E-state index is -0.277. The number of halogens is 2. The van der Waals surface area contributed by atoms with Gasteiger partial charge in [0.1, 0.15) is 0 Å². The molecule has 1 unspecified atom stereocenters. The van der Waals surface area contributed by atoms with Crippen LogP contribution in [0.3, 0.4) is 0 Å². The molecule has 22 heavy (non-hydrogen) atoms. The Kier molecular flexibility index (Phi) is 9.09. The van der Waals surface area contributed by atoms with Crippen molar-refractivity contribution in [2.45, 2.75) is 20.8 Å². The van der Waals surface area contributed by atoms with Crippen LogP contribution in [-0.2, 0) is 4.79 Å². The number of hydrogen-bond acceptors (Lipinski definition) is 3. The van der Waals surface area contributed by atoms with E-state index in [-0.39, 0.29) is 36.7 Å². The van der Waals surface area contributed by atoms with E-state index in [1.807, 2.05) is 13.8 Å². The molecule has 1 atom stereocenters. The summed E-state index contributed by atoms with van der Waals surface area (Å²) in [5.41, 5.74) is 6.44. The molecule has 1 aromatic rings. The van der Waals surface area contributed by atoms with Crippen molar-refractivity contribution in [2.24, 2.45) is 11.7 Å². The maximum atomic E-state index is 12.3. The van der Waals surface area contributed by atoms with Crippen LogP contribution in [0.5, 0.6) is 0 Å². The monoisotopic (exact) mass is 347 g/mol. The number of nitrogens with one attached hydrogen (secondary N) is 1. The smallest absolute Gasteiger partial charge is 0.255 e. The van der Waals surface area contributed by atoms with Gasteiger partial charge in [-0.25, -0.2) is 0 Å². The molecule has 0 fully saturated rings. The van der Waals surface area contributed by atoms with Crippen molar-refractivity contribution in [3.63, 3.8) is 0 Å². The molecule has 124 valence electrons. The first-order chi connectivity index (χ1) is 9.94. The Morgan fingerprint density at radius 1 is 1.32 bits per heavy atom. The normalized spacial score (nSPS) is 11.3. The number of hydrogen-bond donors (Lipinski definition) is 2. The van der Waals surface area contributed by atoms with E-state index >= 15 is 0 Å². The van der Waals surface area contributed by atoms with Crippen LogP contribution in [0.15, 0.2) is 18.2 Å². The fourth-order valence-corrected chi connectivity index (χ4v) is 2.08. The molecule has 0 aliphatic carbocycles. The average Bonchev–Trinajstić information content (AvgIpc) is 2.47. The maximum Gasteiger partial charge on any atom is 0.255 e. The Morgan fingerprint density at radius 3 is 2.36 bits per heavy atom. The summed E-state index contributed by atoms with van der Waals surface area (Å²) in [4.78, 5) is 25.7. The largest absolute Gasteiger partial charge is 0.339 e. The van der Waals surface area contributed by atoms with Gasteiger partial charge in [-0.05, 0) is 32.0 Å². The molecule has 0 radical (unpaired) electrons. The van der Waals surface area contributed by atoms with E-state index in [2.05, 4.69) is 5.32 Å². The molecule has 1 aromatic carbocycles. The first kappa shape index (κ1) is 20.7. The van der Waals surface area contributed by atoms with E-state index in [0.717, 1.165) is 0 Å². The number of rotatable bonds is 6. The molecule has 7 heteroatoms. The quantitative estimate of drug-likeness (QED) is 0.830. The molecule has 0 saturated carbocycles.